The monoisotopic (exact) mass is 261 g/mol. The first kappa shape index (κ1) is 11.8. The highest BCUT2D eigenvalue weighted by Gasteiger charge is 2.31. The zero-order valence-corrected chi connectivity index (χ0v) is 9.13. The van der Waals surface area contributed by atoms with E-state index < -0.39 is 11.7 Å². The lowest BCUT2D eigenvalue weighted by Crippen LogP contribution is -2.08. The molecule has 0 amide bonds. The van der Waals surface area contributed by atoms with Gasteiger partial charge in [0.15, 0.2) is 0 Å². The Hall–Kier alpha value is -1.69. The first-order valence-corrected chi connectivity index (χ1v) is 4.94. The second-order valence-electron chi connectivity index (χ2n) is 3.33. The van der Waals surface area contributed by atoms with Crippen LogP contribution in [-0.2, 0) is 6.18 Å². The average Bonchev–Trinajstić information content (AvgIpc) is 2.63. The highest BCUT2D eigenvalue weighted by atomic mass is 35.5. The second-order valence-corrected chi connectivity index (χ2v) is 3.74. The molecule has 0 aliphatic carbocycles. The molecular formula is C10H7ClF3N3. The Kier molecular flexibility index (Phi) is 2.74. The summed E-state index contributed by atoms with van der Waals surface area (Å²) in [4.78, 5) is 0. The molecule has 0 saturated heterocycles. The first-order chi connectivity index (χ1) is 7.89. The van der Waals surface area contributed by atoms with Gasteiger partial charge >= 0.3 is 6.18 Å². The lowest BCUT2D eigenvalue weighted by Gasteiger charge is -2.11. The van der Waals surface area contributed by atoms with Crippen LogP contribution >= 0.6 is 11.6 Å². The Morgan fingerprint density at radius 2 is 1.94 bits per heavy atom. The molecule has 0 aliphatic heterocycles. The van der Waals surface area contributed by atoms with Crippen molar-refractivity contribution >= 4 is 17.4 Å². The van der Waals surface area contributed by atoms with Crippen LogP contribution in [0.5, 0.6) is 0 Å². The van der Waals surface area contributed by atoms with E-state index >= 15 is 0 Å². The Labute approximate surface area is 99.6 Å². The third kappa shape index (κ3) is 2.21. The van der Waals surface area contributed by atoms with E-state index in [4.69, 9.17) is 17.3 Å². The molecular weight excluding hydrogens is 255 g/mol. The molecule has 1 aromatic carbocycles. The largest absolute Gasteiger partial charge is 0.416 e. The fourth-order valence-corrected chi connectivity index (χ4v) is 1.56. The van der Waals surface area contributed by atoms with Crippen LogP contribution in [0.1, 0.15) is 5.56 Å². The molecule has 0 aliphatic rings. The van der Waals surface area contributed by atoms with Crippen LogP contribution in [0, 0.1) is 0 Å². The van der Waals surface area contributed by atoms with Gasteiger partial charge in [0, 0.05) is 6.07 Å². The maximum Gasteiger partial charge on any atom is 0.416 e. The highest BCUT2D eigenvalue weighted by Crippen LogP contribution is 2.33. The van der Waals surface area contributed by atoms with Crippen LogP contribution in [0.4, 0.5) is 19.0 Å². The summed E-state index contributed by atoms with van der Waals surface area (Å²) in [6.07, 6.45) is -3.05. The van der Waals surface area contributed by atoms with Crippen molar-refractivity contribution in [1.29, 1.82) is 0 Å². The molecule has 0 spiro atoms. The number of rotatable bonds is 1. The van der Waals surface area contributed by atoms with Crippen LogP contribution in [0.2, 0.25) is 5.02 Å². The zero-order chi connectivity index (χ0) is 12.6. The minimum absolute atomic E-state index is 0.101. The lowest BCUT2D eigenvalue weighted by atomic mass is 10.2. The quantitative estimate of drug-likeness (QED) is 0.857. The summed E-state index contributed by atoms with van der Waals surface area (Å²) < 4.78 is 38.8. The fourth-order valence-electron chi connectivity index (χ4n) is 1.37. The van der Waals surface area contributed by atoms with Crippen LogP contribution in [0.3, 0.4) is 0 Å². The summed E-state index contributed by atoms with van der Waals surface area (Å²) in [5, 5.41) is 3.96. The van der Waals surface area contributed by atoms with Gasteiger partial charge in [-0.3, -0.25) is 0 Å². The van der Waals surface area contributed by atoms with Crippen molar-refractivity contribution in [3.63, 3.8) is 0 Å². The minimum atomic E-state index is -4.43. The first-order valence-electron chi connectivity index (χ1n) is 4.56. The predicted molar refractivity (Wildman–Crippen MR) is 58.0 cm³/mol. The SMILES string of the molecule is Nc1ccnn1-c1cc(C(F)(F)F)ccc1Cl. The second kappa shape index (κ2) is 3.96. The molecule has 2 N–H and O–H groups in total. The lowest BCUT2D eigenvalue weighted by molar-refractivity contribution is -0.137. The van der Waals surface area contributed by atoms with Gasteiger partial charge in [-0.15, -0.1) is 0 Å². The normalized spacial score (nSPS) is 11.8. The van der Waals surface area contributed by atoms with Gasteiger partial charge < -0.3 is 5.73 Å². The van der Waals surface area contributed by atoms with E-state index in [1.807, 2.05) is 0 Å². The molecule has 0 unspecified atom stereocenters. The fraction of sp³-hybridized carbons (Fsp3) is 0.100. The number of nitrogens with zero attached hydrogens (tertiary/aromatic N) is 2. The number of hydrogen-bond donors (Lipinski definition) is 1. The Balaban J connectivity index is 2.58. The van der Waals surface area contributed by atoms with Crippen molar-refractivity contribution in [2.45, 2.75) is 6.18 Å². The van der Waals surface area contributed by atoms with Gasteiger partial charge in [-0.05, 0) is 18.2 Å². The van der Waals surface area contributed by atoms with Gasteiger partial charge in [0.2, 0.25) is 0 Å². The van der Waals surface area contributed by atoms with Crippen LogP contribution in [0.25, 0.3) is 5.69 Å². The Morgan fingerprint density at radius 1 is 1.24 bits per heavy atom. The molecule has 0 radical (unpaired) electrons. The predicted octanol–water partition coefficient (Wildman–Crippen LogP) is 3.13. The molecule has 0 atom stereocenters. The molecule has 1 heterocycles. The van der Waals surface area contributed by atoms with Gasteiger partial charge in [-0.1, -0.05) is 11.6 Å². The topological polar surface area (TPSA) is 43.8 Å². The number of aromatic nitrogens is 2. The molecule has 1 aromatic heterocycles. The summed E-state index contributed by atoms with van der Waals surface area (Å²) in [5.74, 6) is 0.214. The van der Waals surface area contributed by atoms with Crippen LogP contribution < -0.4 is 5.73 Å². The maximum atomic E-state index is 12.5. The van der Waals surface area contributed by atoms with E-state index in [9.17, 15) is 13.2 Å². The number of benzene rings is 1. The highest BCUT2D eigenvalue weighted by molar-refractivity contribution is 6.32. The van der Waals surface area contributed by atoms with Crippen molar-refractivity contribution in [2.24, 2.45) is 0 Å². The summed E-state index contributed by atoms with van der Waals surface area (Å²) in [5.41, 5.74) is 4.86. The number of nitrogens with two attached hydrogens (primary N) is 1. The summed E-state index contributed by atoms with van der Waals surface area (Å²) >= 11 is 5.83. The minimum Gasteiger partial charge on any atom is -0.384 e. The van der Waals surface area contributed by atoms with Crippen molar-refractivity contribution in [2.75, 3.05) is 5.73 Å². The third-order valence-electron chi connectivity index (χ3n) is 2.17. The van der Waals surface area contributed by atoms with E-state index in [0.29, 0.717) is 0 Å². The average molecular weight is 262 g/mol. The molecule has 0 saturated carbocycles. The molecule has 17 heavy (non-hydrogen) atoms. The van der Waals surface area contributed by atoms with E-state index in [2.05, 4.69) is 5.10 Å². The molecule has 7 heteroatoms. The van der Waals surface area contributed by atoms with Gasteiger partial charge in [0.25, 0.3) is 0 Å². The molecule has 2 rings (SSSR count). The number of nitrogen functional groups attached to an aromatic ring is 1. The number of anilines is 1. The van der Waals surface area contributed by atoms with Crippen molar-refractivity contribution in [3.05, 3.63) is 41.0 Å². The molecule has 90 valence electrons. The van der Waals surface area contributed by atoms with Crippen molar-refractivity contribution < 1.29 is 13.2 Å². The van der Waals surface area contributed by atoms with Crippen LogP contribution in [-0.4, -0.2) is 9.78 Å². The van der Waals surface area contributed by atoms with E-state index in [-0.39, 0.29) is 16.5 Å². The van der Waals surface area contributed by atoms with Gasteiger partial charge in [-0.2, -0.15) is 18.3 Å². The third-order valence-corrected chi connectivity index (χ3v) is 2.49. The van der Waals surface area contributed by atoms with E-state index in [1.54, 1.807) is 0 Å². The molecule has 2 aromatic rings. The maximum absolute atomic E-state index is 12.5. The van der Waals surface area contributed by atoms with E-state index in [1.165, 1.54) is 18.3 Å². The van der Waals surface area contributed by atoms with Gasteiger partial charge in [0.05, 0.1) is 22.5 Å². The zero-order valence-electron chi connectivity index (χ0n) is 8.37. The van der Waals surface area contributed by atoms with Gasteiger partial charge in [0.1, 0.15) is 5.82 Å². The van der Waals surface area contributed by atoms with Crippen molar-refractivity contribution in [3.8, 4) is 5.69 Å². The van der Waals surface area contributed by atoms with Gasteiger partial charge in [-0.25, -0.2) is 4.68 Å². The molecule has 3 nitrogen and oxygen atoms in total. The van der Waals surface area contributed by atoms with Crippen molar-refractivity contribution in [1.82, 2.24) is 9.78 Å². The van der Waals surface area contributed by atoms with Crippen LogP contribution in [0.15, 0.2) is 30.5 Å². The Bertz CT molecular complexity index is 548. The Morgan fingerprint density at radius 3 is 2.47 bits per heavy atom. The molecule has 0 fully saturated rings. The number of alkyl halides is 3. The molecule has 0 bridgehead atoms. The smallest absolute Gasteiger partial charge is 0.384 e. The number of halogens is 4. The number of hydrogen-bond acceptors (Lipinski definition) is 2. The standard InChI is InChI=1S/C10H7ClF3N3/c11-7-2-1-6(10(12,13)14)5-8(7)17-9(15)3-4-16-17/h1-5H,15H2. The summed E-state index contributed by atoms with van der Waals surface area (Å²) in [6.45, 7) is 0. The van der Waals surface area contributed by atoms with E-state index in [0.717, 1.165) is 16.8 Å². The summed E-state index contributed by atoms with van der Waals surface area (Å²) in [6, 6.07) is 4.45. The summed E-state index contributed by atoms with van der Waals surface area (Å²) in [7, 11) is 0.